The minimum atomic E-state index is -4.75. The lowest BCUT2D eigenvalue weighted by Crippen LogP contribution is -2.41. The molecule has 0 radical (unpaired) electrons. The molecule has 0 saturated carbocycles. The van der Waals surface area contributed by atoms with Gasteiger partial charge in [-0.1, -0.05) is 18.2 Å². The SMILES string of the molecule is CCNC(=NCc1ccccc1OC(F)(F)F)NCCNC(C)=O. The van der Waals surface area contributed by atoms with Gasteiger partial charge >= 0.3 is 6.36 Å². The molecule has 0 aliphatic rings. The maximum Gasteiger partial charge on any atom is 0.573 e. The molecular formula is C15H21F3N4O2. The maximum absolute atomic E-state index is 12.4. The Morgan fingerprint density at radius 2 is 1.83 bits per heavy atom. The zero-order valence-corrected chi connectivity index (χ0v) is 13.5. The van der Waals surface area contributed by atoms with Crippen LogP contribution in [0.15, 0.2) is 29.3 Å². The first-order chi connectivity index (χ1) is 11.3. The Morgan fingerprint density at radius 1 is 1.17 bits per heavy atom. The van der Waals surface area contributed by atoms with E-state index in [0.29, 0.717) is 31.2 Å². The Labute approximate surface area is 138 Å². The normalized spacial score (nSPS) is 11.8. The van der Waals surface area contributed by atoms with Crippen LogP contribution in [0.5, 0.6) is 5.75 Å². The molecule has 0 aromatic heterocycles. The van der Waals surface area contributed by atoms with Crippen LogP contribution in [-0.4, -0.2) is 37.9 Å². The van der Waals surface area contributed by atoms with Gasteiger partial charge in [0, 0.05) is 32.1 Å². The molecule has 1 aromatic carbocycles. The number of alkyl halides is 3. The highest BCUT2D eigenvalue weighted by atomic mass is 19.4. The van der Waals surface area contributed by atoms with Gasteiger partial charge in [0.1, 0.15) is 5.75 Å². The number of halogens is 3. The third-order valence-electron chi connectivity index (χ3n) is 2.74. The number of hydrogen-bond donors (Lipinski definition) is 3. The topological polar surface area (TPSA) is 74.8 Å². The number of benzene rings is 1. The first kappa shape index (κ1) is 19.6. The van der Waals surface area contributed by atoms with Crippen LogP contribution in [0.25, 0.3) is 0 Å². The van der Waals surface area contributed by atoms with E-state index in [4.69, 9.17) is 0 Å². The average Bonchev–Trinajstić information content (AvgIpc) is 2.48. The van der Waals surface area contributed by atoms with Crippen LogP contribution in [0.4, 0.5) is 13.2 Å². The monoisotopic (exact) mass is 346 g/mol. The molecule has 0 spiro atoms. The van der Waals surface area contributed by atoms with Crippen molar-refractivity contribution in [1.82, 2.24) is 16.0 Å². The molecule has 1 aromatic rings. The van der Waals surface area contributed by atoms with Crippen LogP contribution in [-0.2, 0) is 11.3 Å². The average molecular weight is 346 g/mol. The van der Waals surface area contributed by atoms with E-state index in [1.54, 1.807) is 6.07 Å². The Bertz CT molecular complexity index is 562. The Hall–Kier alpha value is -2.45. The maximum atomic E-state index is 12.4. The fourth-order valence-electron chi connectivity index (χ4n) is 1.78. The summed E-state index contributed by atoms with van der Waals surface area (Å²) in [6.45, 7) is 4.73. The number of amides is 1. The van der Waals surface area contributed by atoms with Crippen LogP contribution >= 0.6 is 0 Å². The van der Waals surface area contributed by atoms with E-state index in [1.165, 1.54) is 25.1 Å². The van der Waals surface area contributed by atoms with E-state index in [1.807, 2.05) is 6.92 Å². The quantitative estimate of drug-likeness (QED) is 0.400. The van der Waals surface area contributed by atoms with Crippen molar-refractivity contribution in [2.75, 3.05) is 19.6 Å². The molecule has 1 rings (SSSR count). The zero-order valence-electron chi connectivity index (χ0n) is 13.5. The highest BCUT2D eigenvalue weighted by Gasteiger charge is 2.31. The van der Waals surface area contributed by atoms with Crippen LogP contribution in [0.2, 0.25) is 0 Å². The molecule has 0 bridgehead atoms. The third kappa shape index (κ3) is 8.25. The van der Waals surface area contributed by atoms with Crippen LogP contribution < -0.4 is 20.7 Å². The Balaban J connectivity index is 2.70. The molecule has 0 saturated heterocycles. The summed E-state index contributed by atoms with van der Waals surface area (Å²) in [6.07, 6.45) is -4.75. The number of carbonyl (C=O) groups excluding carboxylic acids is 1. The summed E-state index contributed by atoms with van der Waals surface area (Å²) in [7, 11) is 0. The van der Waals surface area contributed by atoms with E-state index in [2.05, 4.69) is 25.7 Å². The largest absolute Gasteiger partial charge is 0.573 e. The summed E-state index contributed by atoms with van der Waals surface area (Å²) < 4.78 is 41.2. The van der Waals surface area contributed by atoms with Crippen LogP contribution in [0, 0.1) is 0 Å². The number of ether oxygens (including phenoxy) is 1. The fourth-order valence-corrected chi connectivity index (χ4v) is 1.78. The predicted octanol–water partition coefficient (Wildman–Crippen LogP) is 1.78. The number of carbonyl (C=O) groups is 1. The lowest BCUT2D eigenvalue weighted by molar-refractivity contribution is -0.274. The van der Waals surface area contributed by atoms with Crippen LogP contribution in [0.3, 0.4) is 0 Å². The van der Waals surface area contributed by atoms with Gasteiger partial charge in [0.25, 0.3) is 0 Å². The van der Waals surface area contributed by atoms with Gasteiger partial charge in [0.05, 0.1) is 6.54 Å². The Kier molecular flexibility index (Phi) is 7.87. The van der Waals surface area contributed by atoms with Gasteiger partial charge in [0.2, 0.25) is 5.91 Å². The van der Waals surface area contributed by atoms with E-state index >= 15 is 0 Å². The van der Waals surface area contributed by atoms with Crippen LogP contribution in [0.1, 0.15) is 19.4 Å². The highest BCUT2D eigenvalue weighted by molar-refractivity contribution is 5.79. The number of para-hydroxylation sites is 1. The molecule has 0 fully saturated rings. The summed E-state index contributed by atoms with van der Waals surface area (Å²) in [5.41, 5.74) is 0.314. The molecule has 9 heteroatoms. The first-order valence-corrected chi connectivity index (χ1v) is 7.42. The number of rotatable bonds is 7. The lowest BCUT2D eigenvalue weighted by atomic mass is 10.2. The van der Waals surface area contributed by atoms with Gasteiger partial charge in [-0.15, -0.1) is 13.2 Å². The molecule has 0 aliphatic carbocycles. The molecule has 134 valence electrons. The number of nitrogens with zero attached hydrogens (tertiary/aromatic N) is 1. The van der Waals surface area contributed by atoms with E-state index < -0.39 is 6.36 Å². The van der Waals surface area contributed by atoms with E-state index in [9.17, 15) is 18.0 Å². The summed E-state index contributed by atoms with van der Waals surface area (Å²) in [5.74, 6) is 0.0180. The molecule has 3 N–H and O–H groups in total. The number of nitrogens with one attached hydrogen (secondary N) is 3. The Morgan fingerprint density at radius 3 is 2.46 bits per heavy atom. The van der Waals surface area contributed by atoms with Crippen molar-refractivity contribution < 1.29 is 22.7 Å². The molecule has 0 aliphatic heterocycles. The van der Waals surface area contributed by atoms with Gasteiger partial charge in [-0.05, 0) is 13.0 Å². The third-order valence-corrected chi connectivity index (χ3v) is 2.74. The van der Waals surface area contributed by atoms with Crippen molar-refractivity contribution in [1.29, 1.82) is 0 Å². The second-order valence-electron chi connectivity index (χ2n) is 4.76. The van der Waals surface area contributed by atoms with Crippen molar-refractivity contribution in [3.63, 3.8) is 0 Å². The van der Waals surface area contributed by atoms with E-state index in [0.717, 1.165) is 0 Å². The predicted molar refractivity (Wildman–Crippen MR) is 84.6 cm³/mol. The minimum absolute atomic E-state index is 0.0156. The summed E-state index contributed by atoms with van der Waals surface area (Å²) in [5, 5.41) is 8.57. The van der Waals surface area contributed by atoms with Gasteiger partial charge in [-0.25, -0.2) is 4.99 Å². The van der Waals surface area contributed by atoms with Crippen molar-refractivity contribution >= 4 is 11.9 Å². The minimum Gasteiger partial charge on any atom is -0.405 e. The molecule has 0 atom stereocenters. The smallest absolute Gasteiger partial charge is 0.405 e. The van der Waals surface area contributed by atoms with Crippen molar-refractivity contribution in [2.24, 2.45) is 4.99 Å². The molecule has 1 amide bonds. The van der Waals surface area contributed by atoms with Gasteiger partial charge < -0.3 is 20.7 Å². The molecule has 0 heterocycles. The molecule has 0 unspecified atom stereocenters. The van der Waals surface area contributed by atoms with Crippen molar-refractivity contribution in [3.8, 4) is 5.75 Å². The van der Waals surface area contributed by atoms with E-state index in [-0.39, 0.29) is 18.2 Å². The molecule has 6 nitrogen and oxygen atoms in total. The second kappa shape index (κ2) is 9.64. The molecule has 24 heavy (non-hydrogen) atoms. The standard InChI is InChI=1S/C15H21F3N4O2/c1-3-19-14(21-9-8-20-11(2)23)22-10-12-6-4-5-7-13(12)24-15(16,17)18/h4-7H,3,8-10H2,1-2H3,(H,20,23)(H2,19,21,22). The number of guanidine groups is 1. The lowest BCUT2D eigenvalue weighted by Gasteiger charge is -2.14. The van der Waals surface area contributed by atoms with Crippen molar-refractivity contribution in [3.05, 3.63) is 29.8 Å². The van der Waals surface area contributed by atoms with Crippen molar-refractivity contribution in [2.45, 2.75) is 26.8 Å². The van der Waals surface area contributed by atoms with Gasteiger partial charge in [0.15, 0.2) is 5.96 Å². The second-order valence-corrected chi connectivity index (χ2v) is 4.76. The van der Waals surface area contributed by atoms with Gasteiger partial charge in [-0.2, -0.15) is 0 Å². The highest BCUT2D eigenvalue weighted by Crippen LogP contribution is 2.26. The fraction of sp³-hybridized carbons (Fsp3) is 0.467. The number of hydrogen-bond acceptors (Lipinski definition) is 3. The molecular weight excluding hydrogens is 325 g/mol. The first-order valence-electron chi connectivity index (χ1n) is 7.42. The summed E-state index contributed by atoms with van der Waals surface area (Å²) in [4.78, 5) is 15.0. The van der Waals surface area contributed by atoms with Gasteiger partial charge in [-0.3, -0.25) is 4.79 Å². The summed E-state index contributed by atoms with van der Waals surface area (Å²) in [6, 6.07) is 5.84. The summed E-state index contributed by atoms with van der Waals surface area (Å²) >= 11 is 0. The number of aliphatic imine (C=N–C) groups is 1. The zero-order chi connectivity index (χ0) is 18.0.